The number of carbonyl (C=O) groups is 2. The lowest BCUT2D eigenvalue weighted by molar-refractivity contribution is -0.274. The molecule has 2 aromatic heterocycles. The molecule has 1 unspecified atom stereocenters. The summed E-state index contributed by atoms with van der Waals surface area (Å²) in [6, 6.07) is 8.67. The molecule has 1 aromatic carbocycles. The molecule has 1 aliphatic rings. The van der Waals surface area contributed by atoms with E-state index in [0.717, 1.165) is 31.5 Å². The van der Waals surface area contributed by atoms with Gasteiger partial charge in [-0.3, -0.25) is 9.59 Å². The van der Waals surface area contributed by atoms with Crippen LogP contribution >= 0.6 is 0 Å². The van der Waals surface area contributed by atoms with Crippen LogP contribution in [0, 0.1) is 5.92 Å². The third-order valence-corrected chi connectivity index (χ3v) is 6.27. The highest BCUT2D eigenvalue weighted by Crippen LogP contribution is 2.24. The number of piperidine rings is 1. The minimum Gasteiger partial charge on any atom is -0.406 e. The van der Waals surface area contributed by atoms with E-state index in [1.807, 2.05) is 10.6 Å². The number of aryl methyl sites for hydroxylation is 1. The molecule has 3 heterocycles. The highest BCUT2D eigenvalue weighted by molar-refractivity contribution is 5.87. The smallest absolute Gasteiger partial charge is 0.406 e. The number of imidazole rings is 1. The van der Waals surface area contributed by atoms with Gasteiger partial charge in [0.05, 0.1) is 12.6 Å². The number of benzene rings is 1. The van der Waals surface area contributed by atoms with Crippen molar-refractivity contribution in [3.05, 3.63) is 54.0 Å². The summed E-state index contributed by atoms with van der Waals surface area (Å²) in [7, 11) is 0. The van der Waals surface area contributed by atoms with E-state index in [1.165, 1.54) is 19.1 Å². The highest BCUT2D eigenvalue weighted by atomic mass is 19.4. The number of hydrogen-bond acceptors (Lipinski definition) is 6. The number of amides is 1. The largest absolute Gasteiger partial charge is 0.573 e. The maximum absolute atomic E-state index is 12.8. The molecule has 4 rings (SSSR count). The number of halogens is 3. The van der Waals surface area contributed by atoms with Crippen LogP contribution in [-0.2, 0) is 22.6 Å². The number of rotatable bonds is 9. The van der Waals surface area contributed by atoms with Crippen LogP contribution in [0.3, 0.4) is 0 Å². The molecule has 0 radical (unpaired) electrons. The molecule has 1 aliphatic heterocycles. The first-order valence-electron chi connectivity index (χ1n) is 11.8. The van der Waals surface area contributed by atoms with Gasteiger partial charge >= 0.3 is 6.36 Å². The number of carbonyl (C=O) groups excluding carboxylic acids is 2. The summed E-state index contributed by atoms with van der Waals surface area (Å²) >= 11 is 0. The zero-order valence-corrected chi connectivity index (χ0v) is 19.8. The van der Waals surface area contributed by atoms with Crippen LogP contribution in [0.1, 0.15) is 37.6 Å². The average molecular weight is 504 g/mol. The van der Waals surface area contributed by atoms with Gasteiger partial charge in [-0.2, -0.15) is 0 Å². The average Bonchev–Trinajstić information content (AvgIpc) is 3.19. The molecule has 11 heteroatoms. The highest BCUT2D eigenvalue weighted by Gasteiger charge is 2.31. The number of alkyl halides is 3. The maximum atomic E-state index is 12.8. The standard InChI is InChI=1S/C25H28F3N5O3/c1-16(34)23(18-10-13-29-14-11-18)32-22(35)9-8-21-31-20-3-2-12-30-24(20)33(21)15-17-4-6-19(7-5-17)36-25(26,27)28/h2-7,12,18,23,29H,8-11,13-15H2,1H3,(H,32,35). The number of fused-ring (bicyclic) bond motifs is 1. The molecule has 8 nitrogen and oxygen atoms in total. The fourth-order valence-electron chi connectivity index (χ4n) is 4.54. The fourth-order valence-corrected chi connectivity index (χ4v) is 4.54. The van der Waals surface area contributed by atoms with Crippen molar-refractivity contribution in [3.8, 4) is 5.75 Å². The lowest BCUT2D eigenvalue weighted by Crippen LogP contribution is -2.48. The molecule has 3 aromatic rings. The molecule has 0 saturated carbocycles. The quantitative estimate of drug-likeness (QED) is 0.465. The van der Waals surface area contributed by atoms with Gasteiger partial charge in [-0.15, -0.1) is 13.2 Å². The van der Waals surface area contributed by atoms with E-state index in [0.29, 0.717) is 30.0 Å². The van der Waals surface area contributed by atoms with Gasteiger partial charge in [0.15, 0.2) is 11.4 Å². The second-order valence-corrected chi connectivity index (χ2v) is 8.90. The van der Waals surface area contributed by atoms with Gasteiger partial charge in [0, 0.05) is 19.0 Å². The molecular weight excluding hydrogens is 475 g/mol. The Morgan fingerprint density at radius 1 is 1.19 bits per heavy atom. The zero-order valence-electron chi connectivity index (χ0n) is 19.8. The summed E-state index contributed by atoms with van der Waals surface area (Å²) < 4.78 is 43.2. The number of ketones is 1. The first-order chi connectivity index (χ1) is 17.2. The summed E-state index contributed by atoms with van der Waals surface area (Å²) in [6.07, 6.45) is -1.01. The summed E-state index contributed by atoms with van der Waals surface area (Å²) in [5.41, 5.74) is 1.99. The molecule has 1 fully saturated rings. The number of aromatic nitrogens is 3. The lowest BCUT2D eigenvalue weighted by Gasteiger charge is -2.29. The van der Waals surface area contributed by atoms with Gasteiger partial charge in [0.1, 0.15) is 17.1 Å². The van der Waals surface area contributed by atoms with Crippen molar-refractivity contribution in [1.29, 1.82) is 0 Å². The van der Waals surface area contributed by atoms with Crippen molar-refractivity contribution < 1.29 is 27.5 Å². The molecular formula is C25H28F3N5O3. The summed E-state index contributed by atoms with van der Waals surface area (Å²) in [5, 5.41) is 6.17. The number of Topliss-reactive ketones (excluding diaryl/α,β-unsaturated/α-hetero) is 1. The van der Waals surface area contributed by atoms with Crippen molar-refractivity contribution in [3.63, 3.8) is 0 Å². The summed E-state index contributed by atoms with van der Waals surface area (Å²) in [6.45, 7) is 3.46. The molecule has 1 amide bonds. The third kappa shape index (κ3) is 6.60. The van der Waals surface area contributed by atoms with E-state index in [2.05, 4.69) is 25.3 Å². The maximum Gasteiger partial charge on any atom is 0.573 e. The van der Waals surface area contributed by atoms with E-state index < -0.39 is 12.4 Å². The normalized spacial score (nSPS) is 15.6. The van der Waals surface area contributed by atoms with Crippen LogP contribution in [-0.4, -0.2) is 51.7 Å². The molecule has 1 saturated heterocycles. The van der Waals surface area contributed by atoms with Crippen molar-refractivity contribution in [1.82, 2.24) is 25.2 Å². The lowest BCUT2D eigenvalue weighted by atomic mass is 9.88. The van der Waals surface area contributed by atoms with Crippen molar-refractivity contribution in [2.75, 3.05) is 13.1 Å². The zero-order chi connectivity index (χ0) is 25.7. The van der Waals surface area contributed by atoms with Crippen molar-refractivity contribution in [2.45, 2.75) is 51.6 Å². The Morgan fingerprint density at radius 3 is 2.58 bits per heavy atom. The Hall–Kier alpha value is -3.47. The Morgan fingerprint density at radius 2 is 1.92 bits per heavy atom. The molecule has 0 bridgehead atoms. The number of pyridine rings is 1. The van der Waals surface area contributed by atoms with Gasteiger partial charge in [0.25, 0.3) is 0 Å². The summed E-state index contributed by atoms with van der Waals surface area (Å²) in [5.74, 6) is 0.158. The van der Waals surface area contributed by atoms with Gasteiger partial charge in [-0.1, -0.05) is 12.1 Å². The van der Waals surface area contributed by atoms with Gasteiger partial charge in [-0.05, 0) is 68.6 Å². The Balaban J connectivity index is 1.46. The van der Waals surface area contributed by atoms with Gasteiger partial charge < -0.3 is 19.9 Å². The molecule has 192 valence electrons. The van der Waals surface area contributed by atoms with E-state index >= 15 is 0 Å². The topological polar surface area (TPSA) is 98.1 Å². The first-order valence-corrected chi connectivity index (χ1v) is 11.8. The molecule has 1 atom stereocenters. The molecule has 0 aliphatic carbocycles. The molecule has 36 heavy (non-hydrogen) atoms. The summed E-state index contributed by atoms with van der Waals surface area (Å²) in [4.78, 5) is 34.0. The van der Waals surface area contributed by atoms with Crippen LogP contribution < -0.4 is 15.4 Å². The number of hydrogen-bond donors (Lipinski definition) is 2. The third-order valence-electron chi connectivity index (χ3n) is 6.27. The first kappa shape index (κ1) is 25.6. The van der Waals surface area contributed by atoms with Gasteiger partial charge in [-0.25, -0.2) is 9.97 Å². The molecule has 0 spiro atoms. The van der Waals surface area contributed by atoms with E-state index in [1.54, 1.807) is 24.4 Å². The van der Waals surface area contributed by atoms with E-state index in [4.69, 9.17) is 0 Å². The van der Waals surface area contributed by atoms with E-state index in [-0.39, 0.29) is 29.8 Å². The van der Waals surface area contributed by atoms with Crippen molar-refractivity contribution in [2.24, 2.45) is 5.92 Å². The number of nitrogens with zero attached hydrogens (tertiary/aromatic N) is 3. The van der Waals surface area contributed by atoms with Crippen LogP contribution in [0.5, 0.6) is 5.75 Å². The molecule has 2 N–H and O–H groups in total. The predicted octanol–water partition coefficient (Wildman–Crippen LogP) is 3.38. The minimum atomic E-state index is -4.75. The van der Waals surface area contributed by atoms with Crippen LogP contribution in [0.15, 0.2) is 42.6 Å². The van der Waals surface area contributed by atoms with Gasteiger partial charge in [0.2, 0.25) is 5.91 Å². The number of nitrogens with one attached hydrogen (secondary N) is 2. The van der Waals surface area contributed by atoms with Crippen molar-refractivity contribution >= 4 is 22.9 Å². The Labute approximate surface area is 206 Å². The van der Waals surface area contributed by atoms with Crippen LogP contribution in [0.25, 0.3) is 11.2 Å². The Bertz CT molecular complexity index is 1200. The SMILES string of the molecule is CC(=O)C(NC(=O)CCc1nc2cccnc2n1Cc1ccc(OC(F)(F)F)cc1)C1CCNCC1. The fraction of sp³-hybridized carbons (Fsp3) is 0.440. The number of ether oxygens (including phenoxy) is 1. The van der Waals surface area contributed by atoms with E-state index in [9.17, 15) is 22.8 Å². The Kier molecular flexibility index (Phi) is 7.88. The van der Waals surface area contributed by atoms with Crippen LogP contribution in [0.2, 0.25) is 0 Å². The predicted molar refractivity (Wildman–Crippen MR) is 126 cm³/mol. The second kappa shape index (κ2) is 11.1. The van der Waals surface area contributed by atoms with Crippen LogP contribution in [0.4, 0.5) is 13.2 Å². The monoisotopic (exact) mass is 503 g/mol. The minimum absolute atomic E-state index is 0.0513. The second-order valence-electron chi connectivity index (χ2n) is 8.90.